The lowest BCUT2D eigenvalue weighted by molar-refractivity contribution is 0.321. The first-order valence-corrected chi connectivity index (χ1v) is 11.3. The lowest BCUT2D eigenvalue weighted by Gasteiger charge is -2.19. The number of ether oxygens (including phenoxy) is 2. The molecule has 32 heavy (non-hydrogen) atoms. The van der Waals surface area contributed by atoms with E-state index in [1.165, 1.54) is 5.56 Å². The number of hydrogen-bond acceptors (Lipinski definition) is 6. The highest BCUT2D eigenvalue weighted by Gasteiger charge is 2.23. The van der Waals surface area contributed by atoms with Gasteiger partial charge in [-0.2, -0.15) is 0 Å². The molecule has 3 N–H and O–H groups in total. The number of methoxy groups -OCH3 is 2. The van der Waals surface area contributed by atoms with Gasteiger partial charge in [0.15, 0.2) is 5.96 Å². The molecule has 0 radical (unpaired) electrons. The van der Waals surface area contributed by atoms with Gasteiger partial charge in [-0.3, -0.25) is 9.89 Å². The van der Waals surface area contributed by atoms with Gasteiger partial charge in [-0.1, -0.05) is 6.07 Å². The van der Waals surface area contributed by atoms with E-state index < -0.39 is 0 Å². The molecule has 0 saturated carbocycles. The Kier molecular flexibility index (Phi) is 9.43. The third kappa shape index (κ3) is 7.60. The van der Waals surface area contributed by atoms with E-state index in [1.807, 2.05) is 31.3 Å². The fraction of sp³-hybridized carbons (Fsp3) is 0.500. The van der Waals surface area contributed by atoms with E-state index in [4.69, 9.17) is 9.47 Å². The molecule has 3 rings (SSSR count). The third-order valence-electron chi connectivity index (χ3n) is 5.52. The molecule has 0 amide bonds. The summed E-state index contributed by atoms with van der Waals surface area (Å²) >= 11 is 0. The van der Waals surface area contributed by atoms with Gasteiger partial charge in [-0.05, 0) is 49.1 Å². The van der Waals surface area contributed by atoms with Crippen LogP contribution in [-0.2, 0) is 6.54 Å². The van der Waals surface area contributed by atoms with Crippen LogP contribution >= 0.6 is 0 Å². The molecule has 1 aliphatic rings. The molecule has 1 saturated heterocycles. The minimum absolute atomic E-state index is 0.388. The van der Waals surface area contributed by atoms with Gasteiger partial charge in [0.25, 0.3) is 0 Å². The molecular formula is C24H36N6O2. The summed E-state index contributed by atoms with van der Waals surface area (Å²) in [5, 5.41) is 10.3. The van der Waals surface area contributed by atoms with Gasteiger partial charge in [-0.15, -0.1) is 0 Å². The van der Waals surface area contributed by atoms with Crippen LogP contribution < -0.4 is 25.4 Å². The summed E-state index contributed by atoms with van der Waals surface area (Å²) in [5.74, 6) is 3.45. The van der Waals surface area contributed by atoms with E-state index in [-0.39, 0.29) is 0 Å². The van der Waals surface area contributed by atoms with Crippen molar-refractivity contribution >= 4 is 11.8 Å². The average Bonchev–Trinajstić information content (AvgIpc) is 3.27. The number of hydrogen-bond donors (Lipinski definition) is 3. The summed E-state index contributed by atoms with van der Waals surface area (Å²) in [5.41, 5.74) is 1.20. The molecule has 2 aromatic rings. The molecule has 1 fully saturated rings. The van der Waals surface area contributed by atoms with Crippen molar-refractivity contribution in [3.05, 3.63) is 48.2 Å². The first-order chi connectivity index (χ1) is 15.7. The van der Waals surface area contributed by atoms with Crippen molar-refractivity contribution in [3.63, 3.8) is 0 Å². The first kappa shape index (κ1) is 23.7. The van der Waals surface area contributed by atoms with Crippen molar-refractivity contribution in [1.82, 2.24) is 20.5 Å². The predicted octanol–water partition coefficient (Wildman–Crippen LogP) is 2.73. The second kappa shape index (κ2) is 12.8. The number of aliphatic imine (C=N–C) groups is 1. The van der Waals surface area contributed by atoms with Crippen molar-refractivity contribution in [2.24, 2.45) is 4.99 Å². The monoisotopic (exact) mass is 440 g/mol. The van der Waals surface area contributed by atoms with Gasteiger partial charge >= 0.3 is 0 Å². The van der Waals surface area contributed by atoms with Crippen molar-refractivity contribution in [1.29, 1.82) is 0 Å². The normalized spacial score (nSPS) is 16.6. The summed E-state index contributed by atoms with van der Waals surface area (Å²) in [4.78, 5) is 11.1. The maximum Gasteiger partial charge on any atom is 0.191 e. The van der Waals surface area contributed by atoms with Gasteiger partial charge in [0, 0.05) is 58.1 Å². The van der Waals surface area contributed by atoms with Crippen LogP contribution in [0.15, 0.2) is 47.6 Å². The maximum absolute atomic E-state index is 5.39. The van der Waals surface area contributed by atoms with E-state index in [9.17, 15) is 0 Å². The number of nitrogens with zero attached hydrogens (tertiary/aromatic N) is 3. The summed E-state index contributed by atoms with van der Waals surface area (Å²) in [7, 11) is 5.20. The van der Waals surface area contributed by atoms with Crippen molar-refractivity contribution in [3.8, 4) is 11.5 Å². The predicted molar refractivity (Wildman–Crippen MR) is 130 cm³/mol. The van der Waals surface area contributed by atoms with Crippen molar-refractivity contribution in [2.45, 2.75) is 31.8 Å². The zero-order chi connectivity index (χ0) is 22.6. The molecule has 174 valence electrons. The molecule has 0 bridgehead atoms. The summed E-state index contributed by atoms with van der Waals surface area (Å²) in [6, 6.07) is 12.3. The number of nitrogens with one attached hydrogen (secondary N) is 3. The fourth-order valence-corrected chi connectivity index (χ4v) is 3.84. The van der Waals surface area contributed by atoms with Crippen molar-refractivity contribution in [2.75, 3.05) is 52.8 Å². The fourth-order valence-electron chi connectivity index (χ4n) is 3.84. The van der Waals surface area contributed by atoms with E-state index in [2.05, 4.69) is 43.0 Å². The number of aromatic nitrogens is 1. The Bertz CT molecular complexity index is 823. The number of unbranched alkanes of at least 4 members (excludes halogenated alkanes) is 1. The zero-order valence-electron chi connectivity index (χ0n) is 19.4. The van der Waals surface area contributed by atoms with Crippen LogP contribution in [-0.4, -0.2) is 69.3 Å². The van der Waals surface area contributed by atoms with Crippen molar-refractivity contribution < 1.29 is 9.47 Å². The highest BCUT2D eigenvalue weighted by molar-refractivity contribution is 5.80. The van der Waals surface area contributed by atoms with Crippen LogP contribution in [0.4, 0.5) is 5.82 Å². The molecule has 0 spiro atoms. The first-order valence-electron chi connectivity index (χ1n) is 11.3. The highest BCUT2D eigenvalue weighted by Crippen LogP contribution is 2.24. The Morgan fingerprint density at radius 2 is 1.91 bits per heavy atom. The molecule has 2 heterocycles. The van der Waals surface area contributed by atoms with E-state index in [0.29, 0.717) is 6.04 Å². The number of rotatable bonds is 11. The Morgan fingerprint density at radius 3 is 2.59 bits per heavy atom. The molecule has 1 aromatic carbocycles. The van der Waals surface area contributed by atoms with Crippen LogP contribution in [0, 0.1) is 0 Å². The summed E-state index contributed by atoms with van der Waals surface area (Å²) in [6.07, 6.45) is 5.03. The second-order valence-corrected chi connectivity index (χ2v) is 7.93. The Morgan fingerprint density at radius 1 is 1.12 bits per heavy atom. The number of guanidine groups is 1. The SMILES string of the molecule is CN=C(NCCCCNc1ccccn1)NC1CCN(Cc2cc(OC)cc(OC)c2)C1. The minimum Gasteiger partial charge on any atom is -0.497 e. The smallest absolute Gasteiger partial charge is 0.191 e. The lowest BCUT2D eigenvalue weighted by Crippen LogP contribution is -2.44. The number of benzene rings is 1. The largest absolute Gasteiger partial charge is 0.497 e. The molecule has 8 heteroatoms. The van der Waals surface area contributed by atoms with Gasteiger partial charge in [0.2, 0.25) is 0 Å². The Labute approximate surface area is 191 Å². The minimum atomic E-state index is 0.388. The van der Waals surface area contributed by atoms with Gasteiger partial charge < -0.3 is 25.4 Å². The average molecular weight is 441 g/mol. The number of pyridine rings is 1. The second-order valence-electron chi connectivity index (χ2n) is 7.93. The van der Waals surface area contributed by atoms with Crippen LogP contribution in [0.5, 0.6) is 11.5 Å². The van der Waals surface area contributed by atoms with E-state index in [0.717, 1.165) is 75.3 Å². The van der Waals surface area contributed by atoms with Crippen LogP contribution in [0.2, 0.25) is 0 Å². The van der Waals surface area contributed by atoms with Crippen LogP contribution in [0.3, 0.4) is 0 Å². The number of likely N-dealkylation sites (tertiary alicyclic amines) is 1. The van der Waals surface area contributed by atoms with Gasteiger partial charge in [0.1, 0.15) is 17.3 Å². The summed E-state index contributed by atoms with van der Waals surface area (Å²) < 4.78 is 10.8. The molecule has 1 unspecified atom stereocenters. The molecule has 1 aliphatic heterocycles. The molecular weight excluding hydrogens is 404 g/mol. The van der Waals surface area contributed by atoms with E-state index in [1.54, 1.807) is 20.4 Å². The molecule has 1 atom stereocenters. The van der Waals surface area contributed by atoms with Crippen LogP contribution in [0.1, 0.15) is 24.8 Å². The highest BCUT2D eigenvalue weighted by atomic mass is 16.5. The lowest BCUT2D eigenvalue weighted by atomic mass is 10.2. The standard InChI is InChI=1S/C24H36N6O2/c1-25-24(28-12-7-6-11-27-23-8-4-5-10-26-23)29-20-9-13-30(18-20)17-19-14-21(31-2)16-22(15-19)32-3/h4-5,8,10,14-16,20H,6-7,9,11-13,17-18H2,1-3H3,(H,26,27)(H2,25,28,29). The Balaban J connectivity index is 1.35. The zero-order valence-corrected chi connectivity index (χ0v) is 19.4. The molecule has 8 nitrogen and oxygen atoms in total. The molecule has 1 aromatic heterocycles. The van der Waals surface area contributed by atoms with Gasteiger partial charge in [-0.25, -0.2) is 4.98 Å². The van der Waals surface area contributed by atoms with Crippen LogP contribution in [0.25, 0.3) is 0 Å². The third-order valence-corrected chi connectivity index (χ3v) is 5.52. The maximum atomic E-state index is 5.39. The number of anilines is 1. The van der Waals surface area contributed by atoms with Gasteiger partial charge in [0.05, 0.1) is 14.2 Å². The van der Waals surface area contributed by atoms with E-state index >= 15 is 0 Å². The summed E-state index contributed by atoms with van der Waals surface area (Å²) in [6.45, 7) is 4.71. The Hall–Kier alpha value is -3.00. The quantitative estimate of drug-likeness (QED) is 0.282. The molecule has 0 aliphatic carbocycles. The topological polar surface area (TPSA) is 83.0 Å².